The summed E-state index contributed by atoms with van der Waals surface area (Å²) in [7, 11) is -3.81. The fraction of sp³-hybridized carbons (Fsp3) is 0.500. The number of amides is 1. The molecule has 0 atom stereocenters. The van der Waals surface area contributed by atoms with Crippen molar-refractivity contribution >= 4 is 27.3 Å². The molecule has 0 radical (unpaired) electrons. The van der Waals surface area contributed by atoms with Gasteiger partial charge in [-0.25, -0.2) is 13.1 Å². The molecule has 0 unspecified atom stereocenters. The average Bonchev–Trinajstić information content (AvgIpc) is 2.56. The number of nitrogens with one attached hydrogen (secondary N) is 3. The highest BCUT2D eigenvalue weighted by atomic mass is 32.2. The van der Waals surface area contributed by atoms with Crippen LogP contribution < -0.4 is 14.9 Å². The van der Waals surface area contributed by atoms with E-state index < -0.39 is 20.8 Å². The number of carbonyl (C=O) groups excluding carboxylic acids is 1. The average molecular weight is 279 g/mol. The van der Waals surface area contributed by atoms with Crippen molar-refractivity contribution in [3.63, 3.8) is 0 Å². The Bertz CT molecular complexity index is 558. The molecule has 7 nitrogen and oxygen atoms in total. The van der Waals surface area contributed by atoms with Crippen molar-refractivity contribution < 1.29 is 13.2 Å². The van der Waals surface area contributed by atoms with Gasteiger partial charge in [-0.05, 0) is 13.8 Å². The fourth-order valence-electron chi connectivity index (χ4n) is 1.13. The maximum absolute atomic E-state index is 11.7. The first-order valence-corrected chi connectivity index (χ1v) is 7.13. The van der Waals surface area contributed by atoms with Gasteiger partial charge in [0.15, 0.2) is 4.21 Å². The van der Waals surface area contributed by atoms with Crippen molar-refractivity contribution in [1.29, 1.82) is 0 Å². The van der Waals surface area contributed by atoms with E-state index in [0.29, 0.717) is 17.9 Å². The zero-order chi connectivity index (χ0) is 13.1. The summed E-state index contributed by atoms with van der Waals surface area (Å²) in [5.41, 5.74) is 0.267. The number of hydrogen-bond donors (Lipinski definition) is 3. The van der Waals surface area contributed by atoms with Crippen molar-refractivity contribution in [2.24, 2.45) is 0 Å². The van der Waals surface area contributed by atoms with Crippen LogP contribution in [0.2, 0.25) is 0 Å². The standard InChI is InChI=1S/C8H13N3O4S2/c1-3-9-6(12)4-10-17(14,15)7-5(2)11-8(13)16-7/h10H,3-4H2,1-2H3,(H,9,12)(H,11,13). The van der Waals surface area contributed by atoms with Gasteiger partial charge in [-0.15, -0.1) is 0 Å². The van der Waals surface area contributed by atoms with Crippen LogP contribution in [0.1, 0.15) is 12.6 Å². The molecule has 0 aliphatic rings. The van der Waals surface area contributed by atoms with E-state index in [9.17, 15) is 18.0 Å². The molecule has 1 heterocycles. The van der Waals surface area contributed by atoms with E-state index in [4.69, 9.17) is 0 Å². The summed E-state index contributed by atoms with van der Waals surface area (Å²) in [4.78, 5) is 24.0. The van der Waals surface area contributed by atoms with E-state index in [1.54, 1.807) is 6.92 Å². The second-order valence-electron chi connectivity index (χ2n) is 3.21. The molecule has 0 fully saturated rings. The molecule has 1 rings (SSSR count). The Morgan fingerprint density at radius 1 is 1.47 bits per heavy atom. The molecular formula is C8H13N3O4S2. The molecule has 3 N–H and O–H groups in total. The van der Waals surface area contributed by atoms with E-state index in [1.807, 2.05) is 0 Å². The first-order valence-electron chi connectivity index (χ1n) is 4.83. The van der Waals surface area contributed by atoms with Crippen LogP contribution in [0.5, 0.6) is 0 Å². The Morgan fingerprint density at radius 3 is 2.59 bits per heavy atom. The van der Waals surface area contributed by atoms with Gasteiger partial charge in [0.1, 0.15) is 0 Å². The Morgan fingerprint density at radius 2 is 2.12 bits per heavy atom. The summed E-state index contributed by atoms with van der Waals surface area (Å²) in [6.07, 6.45) is 0. The lowest BCUT2D eigenvalue weighted by atomic mass is 10.6. The van der Waals surface area contributed by atoms with Gasteiger partial charge in [-0.3, -0.25) is 9.59 Å². The van der Waals surface area contributed by atoms with Gasteiger partial charge in [0.25, 0.3) is 10.0 Å². The predicted molar refractivity (Wildman–Crippen MR) is 63.5 cm³/mol. The topological polar surface area (TPSA) is 108 Å². The van der Waals surface area contributed by atoms with Crippen LogP contribution in [0.3, 0.4) is 0 Å². The third kappa shape index (κ3) is 3.65. The van der Waals surface area contributed by atoms with E-state index in [-0.39, 0.29) is 16.4 Å². The number of carbonyl (C=O) groups is 1. The normalized spacial score (nSPS) is 11.4. The first-order chi connectivity index (χ1) is 7.86. The zero-order valence-electron chi connectivity index (χ0n) is 9.36. The van der Waals surface area contributed by atoms with Gasteiger partial charge < -0.3 is 10.3 Å². The molecule has 96 valence electrons. The Hall–Kier alpha value is -1.19. The summed E-state index contributed by atoms with van der Waals surface area (Å²) in [5, 5.41) is 2.46. The van der Waals surface area contributed by atoms with Crippen LogP contribution >= 0.6 is 11.3 Å². The van der Waals surface area contributed by atoms with Crippen molar-refractivity contribution in [3.8, 4) is 0 Å². The second-order valence-corrected chi connectivity index (χ2v) is 6.15. The maximum atomic E-state index is 11.7. The molecule has 0 saturated carbocycles. The van der Waals surface area contributed by atoms with E-state index >= 15 is 0 Å². The van der Waals surface area contributed by atoms with Gasteiger partial charge in [0.2, 0.25) is 5.91 Å². The largest absolute Gasteiger partial charge is 0.355 e. The molecular weight excluding hydrogens is 266 g/mol. The van der Waals surface area contributed by atoms with Gasteiger partial charge in [-0.1, -0.05) is 11.3 Å². The molecule has 9 heteroatoms. The van der Waals surface area contributed by atoms with Crippen LogP contribution in [0.15, 0.2) is 9.00 Å². The molecule has 0 saturated heterocycles. The maximum Gasteiger partial charge on any atom is 0.305 e. The Labute approximate surface area is 102 Å². The number of aromatic amines is 1. The quantitative estimate of drug-likeness (QED) is 0.653. The minimum atomic E-state index is -3.81. The SMILES string of the molecule is CCNC(=O)CNS(=O)(=O)c1sc(=O)[nH]c1C. The number of hydrogen-bond acceptors (Lipinski definition) is 5. The number of rotatable bonds is 5. The highest BCUT2D eigenvalue weighted by Gasteiger charge is 2.20. The molecule has 0 aliphatic carbocycles. The first kappa shape index (κ1) is 13.9. The summed E-state index contributed by atoms with van der Waals surface area (Å²) < 4.78 is 25.5. The zero-order valence-corrected chi connectivity index (χ0v) is 11.0. The monoisotopic (exact) mass is 279 g/mol. The smallest absolute Gasteiger partial charge is 0.305 e. The highest BCUT2D eigenvalue weighted by Crippen LogP contribution is 2.14. The van der Waals surface area contributed by atoms with Crippen LogP contribution in [-0.4, -0.2) is 32.4 Å². The lowest BCUT2D eigenvalue weighted by Gasteiger charge is -2.05. The number of likely N-dealkylation sites (N-methyl/N-ethyl adjacent to an activating group) is 1. The molecule has 0 spiro atoms. The molecule has 0 bridgehead atoms. The predicted octanol–water partition coefficient (Wildman–Crippen LogP) is -0.841. The van der Waals surface area contributed by atoms with Crippen molar-refractivity contribution in [1.82, 2.24) is 15.0 Å². The third-order valence-electron chi connectivity index (χ3n) is 1.82. The number of thiazole rings is 1. The van der Waals surface area contributed by atoms with Gasteiger partial charge in [0, 0.05) is 12.2 Å². The van der Waals surface area contributed by atoms with E-state index in [2.05, 4.69) is 15.0 Å². The van der Waals surface area contributed by atoms with Gasteiger partial charge in [0.05, 0.1) is 6.54 Å². The number of H-pyrrole nitrogens is 1. The van der Waals surface area contributed by atoms with E-state index in [1.165, 1.54) is 6.92 Å². The molecule has 0 aromatic carbocycles. The minimum absolute atomic E-state index is 0.0909. The molecule has 1 aromatic heterocycles. The Kier molecular flexibility index (Phi) is 4.43. The second kappa shape index (κ2) is 5.43. The van der Waals surface area contributed by atoms with Crippen molar-refractivity contribution in [2.45, 2.75) is 18.1 Å². The Balaban J connectivity index is 2.80. The van der Waals surface area contributed by atoms with E-state index in [0.717, 1.165) is 0 Å². The number of sulfonamides is 1. The minimum Gasteiger partial charge on any atom is -0.355 e. The molecule has 1 aromatic rings. The third-order valence-corrected chi connectivity index (χ3v) is 4.83. The highest BCUT2D eigenvalue weighted by molar-refractivity contribution is 7.91. The summed E-state index contributed by atoms with van der Waals surface area (Å²) >= 11 is 0.593. The van der Waals surface area contributed by atoms with Gasteiger partial charge >= 0.3 is 4.87 Å². The fourth-order valence-corrected chi connectivity index (χ4v) is 3.46. The number of aryl methyl sites for hydroxylation is 1. The van der Waals surface area contributed by atoms with Crippen LogP contribution in [-0.2, 0) is 14.8 Å². The van der Waals surface area contributed by atoms with Crippen LogP contribution in [0, 0.1) is 6.92 Å². The lowest BCUT2D eigenvalue weighted by Crippen LogP contribution is -2.36. The van der Waals surface area contributed by atoms with Crippen molar-refractivity contribution in [2.75, 3.05) is 13.1 Å². The summed E-state index contributed by atoms with van der Waals surface area (Å²) in [6.45, 7) is 3.30. The summed E-state index contributed by atoms with van der Waals surface area (Å²) in [6, 6.07) is 0. The lowest BCUT2D eigenvalue weighted by molar-refractivity contribution is -0.119. The summed E-state index contributed by atoms with van der Waals surface area (Å²) in [5.74, 6) is -0.420. The molecule has 17 heavy (non-hydrogen) atoms. The number of aromatic nitrogens is 1. The van der Waals surface area contributed by atoms with Crippen LogP contribution in [0.4, 0.5) is 0 Å². The van der Waals surface area contributed by atoms with Gasteiger partial charge in [-0.2, -0.15) is 0 Å². The van der Waals surface area contributed by atoms with Crippen LogP contribution in [0.25, 0.3) is 0 Å². The molecule has 0 aliphatic heterocycles. The van der Waals surface area contributed by atoms with Crippen molar-refractivity contribution in [3.05, 3.63) is 15.4 Å². The molecule has 1 amide bonds.